The van der Waals surface area contributed by atoms with Crippen molar-refractivity contribution in [3.05, 3.63) is 29.3 Å². The number of nitrogens with one attached hydrogen (secondary N) is 1. The highest BCUT2D eigenvalue weighted by Crippen LogP contribution is 2.39. The second kappa shape index (κ2) is 4.63. The van der Waals surface area contributed by atoms with Crippen molar-refractivity contribution in [2.45, 2.75) is 52.2 Å². The van der Waals surface area contributed by atoms with Crippen LogP contribution < -0.4 is 10.1 Å². The van der Waals surface area contributed by atoms with E-state index in [1.54, 1.807) is 0 Å². The maximum atomic E-state index is 11.6. The van der Waals surface area contributed by atoms with Crippen LogP contribution in [-0.2, 0) is 4.79 Å². The van der Waals surface area contributed by atoms with Gasteiger partial charge in [0.2, 0.25) is 5.91 Å². The number of carbonyl (C=O) groups excluding carboxylic acids is 1. The molecule has 1 aliphatic heterocycles. The monoisotopic (exact) mass is 247 g/mol. The molecule has 0 aliphatic carbocycles. The van der Waals surface area contributed by atoms with Crippen LogP contribution >= 0.6 is 0 Å². The standard InChI is InChI=1S/C15H21NO2/c1-5-14(17)16-12-9-15(3,4)18-13-8-10(2)6-7-11(12)13/h6-8,12H,5,9H2,1-4H3,(H,16,17)/t12-/m0/s1. The Balaban J connectivity index is 2.34. The van der Waals surface area contributed by atoms with Crippen LogP contribution in [0.2, 0.25) is 0 Å². The molecule has 1 aromatic carbocycles. The topological polar surface area (TPSA) is 38.3 Å². The predicted octanol–water partition coefficient (Wildman–Crippen LogP) is 3.12. The molecule has 3 heteroatoms. The molecule has 3 nitrogen and oxygen atoms in total. The lowest BCUT2D eigenvalue weighted by Gasteiger charge is -2.38. The first-order valence-corrected chi connectivity index (χ1v) is 6.50. The second-order valence-electron chi connectivity index (χ2n) is 5.58. The van der Waals surface area contributed by atoms with Gasteiger partial charge in [-0.2, -0.15) is 0 Å². The zero-order valence-corrected chi connectivity index (χ0v) is 11.5. The molecule has 0 fully saturated rings. The Kier molecular flexibility index (Phi) is 3.33. The van der Waals surface area contributed by atoms with Crippen LogP contribution in [0.5, 0.6) is 5.75 Å². The maximum Gasteiger partial charge on any atom is 0.220 e. The number of amides is 1. The first-order valence-electron chi connectivity index (χ1n) is 6.50. The van der Waals surface area contributed by atoms with E-state index in [1.807, 2.05) is 19.9 Å². The third-order valence-corrected chi connectivity index (χ3v) is 3.28. The summed E-state index contributed by atoms with van der Waals surface area (Å²) in [7, 11) is 0. The molecule has 98 valence electrons. The molecule has 1 amide bonds. The van der Waals surface area contributed by atoms with Crippen LogP contribution in [0.15, 0.2) is 18.2 Å². The summed E-state index contributed by atoms with van der Waals surface area (Å²) in [4.78, 5) is 11.6. The summed E-state index contributed by atoms with van der Waals surface area (Å²) in [6.07, 6.45) is 1.31. The number of rotatable bonds is 2. The Bertz CT molecular complexity index is 466. The highest BCUT2D eigenvalue weighted by Gasteiger charge is 2.34. The van der Waals surface area contributed by atoms with Crippen molar-refractivity contribution >= 4 is 5.91 Å². The molecule has 1 N–H and O–H groups in total. The first-order chi connectivity index (χ1) is 8.41. The summed E-state index contributed by atoms with van der Waals surface area (Å²) >= 11 is 0. The molecule has 1 aromatic rings. The highest BCUT2D eigenvalue weighted by atomic mass is 16.5. The third kappa shape index (κ3) is 2.66. The minimum absolute atomic E-state index is 0.0526. The molecule has 0 unspecified atom stereocenters. The Hall–Kier alpha value is -1.51. The number of benzene rings is 1. The summed E-state index contributed by atoms with van der Waals surface area (Å²) in [6.45, 7) is 8.04. The normalized spacial score (nSPS) is 20.8. The summed E-state index contributed by atoms with van der Waals surface area (Å²) in [5.74, 6) is 0.983. The van der Waals surface area contributed by atoms with Crippen molar-refractivity contribution in [3.8, 4) is 5.75 Å². The fourth-order valence-electron chi connectivity index (χ4n) is 2.38. The molecule has 0 saturated heterocycles. The molecule has 0 aromatic heterocycles. The van der Waals surface area contributed by atoms with E-state index in [-0.39, 0.29) is 17.6 Å². The Morgan fingerprint density at radius 1 is 1.50 bits per heavy atom. The van der Waals surface area contributed by atoms with Gasteiger partial charge in [0.25, 0.3) is 0 Å². The molecule has 18 heavy (non-hydrogen) atoms. The number of carbonyl (C=O) groups is 1. The van der Waals surface area contributed by atoms with Gasteiger partial charge >= 0.3 is 0 Å². The van der Waals surface area contributed by atoms with E-state index in [4.69, 9.17) is 4.74 Å². The largest absolute Gasteiger partial charge is 0.487 e. The lowest BCUT2D eigenvalue weighted by Crippen LogP contribution is -2.41. The van der Waals surface area contributed by atoms with Crippen LogP contribution in [0.1, 0.15) is 50.8 Å². The van der Waals surface area contributed by atoms with Gasteiger partial charge in [-0.3, -0.25) is 4.79 Å². The lowest BCUT2D eigenvalue weighted by atomic mass is 9.89. The molecule has 2 rings (SSSR count). The van der Waals surface area contributed by atoms with Crippen molar-refractivity contribution < 1.29 is 9.53 Å². The molecule has 0 radical (unpaired) electrons. The fourth-order valence-corrected chi connectivity index (χ4v) is 2.38. The molecule has 0 spiro atoms. The average molecular weight is 247 g/mol. The molecule has 1 heterocycles. The fraction of sp³-hybridized carbons (Fsp3) is 0.533. The van der Waals surface area contributed by atoms with Gasteiger partial charge in [0.1, 0.15) is 11.4 Å². The summed E-state index contributed by atoms with van der Waals surface area (Å²) in [6, 6.07) is 6.21. The van der Waals surface area contributed by atoms with Gasteiger partial charge < -0.3 is 10.1 Å². The Morgan fingerprint density at radius 2 is 2.22 bits per heavy atom. The number of fused-ring (bicyclic) bond motifs is 1. The molecule has 1 atom stereocenters. The smallest absolute Gasteiger partial charge is 0.220 e. The third-order valence-electron chi connectivity index (χ3n) is 3.28. The van der Waals surface area contributed by atoms with E-state index in [1.165, 1.54) is 5.56 Å². The van der Waals surface area contributed by atoms with E-state index in [9.17, 15) is 4.79 Å². The minimum Gasteiger partial charge on any atom is -0.487 e. The van der Waals surface area contributed by atoms with Crippen LogP contribution in [0.3, 0.4) is 0 Å². The van der Waals surface area contributed by atoms with Gasteiger partial charge in [-0.25, -0.2) is 0 Å². The van der Waals surface area contributed by atoms with Crippen molar-refractivity contribution in [2.24, 2.45) is 0 Å². The van der Waals surface area contributed by atoms with Crippen molar-refractivity contribution in [2.75, 3.05) is 0 Å². The quantitative estimate of drug-likeness (QED) is 0.872. The van der Waals surface area contributed by atoms with Gasteiger partial charge in [-0.1, -0.05) is 19.1 Å². The summed E-state index contributed by atoms with van der Waals surface area (Å²) in [5.41, 5.74) is 2.01. The van der Waals surface area contributed by atoms with Crippen LogP contribution in [0.4, 0.5) is 0 Å². The minimum atomic E-state index is -0.244. The SMILES string of the molecule is CCC(=O)N[C@H]1CC(C)(C)Oc2cc(C)ccc21. The van der Waals surface area contributed by atoms with E-state index < -0.39 is 0 Å². The van der Waals surface area contributed by atoms with Gasteiger partial charge in [-0.05, 0) is 32.4 Å². The van der Waals surface area contributed by atoms with Gasteiger partial charge in [0.05, 0.1) is 6.04 Å². The van der Waals surface area contributed by atoms with Crippen LogP contribution in [-0.4, -0.2) is 11.5 Å². The highest BCUT2D eigenvalue weighted by molar-refractivity contribution is 5.76. The number of ether oxygens (including phenoxy) is 1. The predicted molar refractivity (Wildman–Crippen MR) is 71.7 cm³/mol. The van der Waals surface area contributed by atoms with Gasteiger partial charge in [0, 0.05) is 18.4 Å². The zero-order valence-electron chi connectivity index (χ0n) is 11.5. The molecule has 1 aliphatic rings. The lowest BCUT2D eigenvalue weighted by molar-refractivity contribution is -0.122. The van der Waals surface area contributed by atoms with E-state index in [2.05, 4.69) is 31.3 Å². The number of hydrogen-bond donors (Lipinski definition) is 1. The summed E-state index contributed by atoms with van der Waals surface area (Å²) < 4.78 is 5.99. The Morgan fingerprint density at radius 3 is 2.89 bits per heavy atom. The van der Waals surface area contributed by atoms with Crippen molar-refractivity contribution in [1.82, 2.24) is 5.32 Å². The number of hydrogen-bond acceptors (Lipinski definition) is 2. The van der Waals surface area contributed by atoms with E-state index in [0.29, 0.717) is 6.42 Å². The zero-order chi connectivity index (χ0) is 13.3. The average Bonchev–Trinajstić information content (AvgIpc) is 2.26. The molecule has 0 bridgehead atoms. The van der Waals surface area contributed by atoms with Crippen LogP contribution in [0, 0.1) is 6.92 Å². The molecular weight excluding hydrogens is 226 g/mol. The number of aryl methyl sites for hydroxylation is 1. The van der Waals surface area contributed by atoms with Crippen molar-refractivity contribution in [3.63, 3.8) is 0 Å². The van der Waals surface area contributed by atoms with E-state index in [0.717, 1.165) is 17.7 Å². The first kappa shape index (κ1) is 12.9. The van der Waals surface area contributed by atoms with Crippen molar-refractivity contribution in [1.29, 1.82) is 0 Å². The Labute approximate surface area is 109 Å². The molecular formula is C15H21NO2. The molecule has 0 saturated carbocycles. The summed E-state index contributed by atoms with van der Waals surface area (Å²) in [5, 5.41) is 3.08. The van der Waals surface area contributed by atoms with Gasteiger partial charge in [-0.15, -0.1) is 0 Å². The maximum absolute atomic E-state index is 11.6. The second-order valence-corrected chi connectivity index (χ2v) is 5.58. The van der Waals surface area contributed by atoms with E-state index >= 15 is 0 Å². The van der Waals surface area contributed by atoms with Crippen LogP contribution in [0.25, 0.3) is 0 Å². The van der Waals surface area contributed by atoms with Gasteiger partial charge in [0.15, 0.2) is 0 Å².